The first-order chi connectivity index (χ1) is 9.51. The van der Waals surface area contributed by atoms with Crippen LogP contribution in [0.15, 0.2) is 22.7 Å². The number of anilines is 1. The summed E-state index contributed by atoms with van der Waals surface area (Å²) in [6.07, 6.45) is 0.283. The molecule has 1 saturated heterocycles. The highest BCUT2D eigenvalue weighted by molar-refractivity contribution is 9.10. The fourth-order valence-corrected chi connectivity index (χ4v) is 2.62. The minimum absolute atomic E-state index is 0.0388. The van der Waals surface area contributed by atoms with Gasteiger partial charge < -0.3 is 20.1 Å². The molecule has 20 heavy (non-hydrogen) atoms. The van der Waals surface area contributed by atoms with E-state index in [9.17, 15) is 14.7 Å². The van der Waals surface area contributed by atoms with E-state index in [1.807, 2.05) is 4.90 Å². The Morgan fingerprint density at radius 3 is 2.90 bits per heavy atom. The molecule has 1 aromatic rings. The van der Waals surface area contributed by atoms with E-state index in [0.29, 0.717) is 18.8 Å². The second-order valence-electron chi connectivity index (χ2n) is 4.53. The number of nitrogens with one attached hydrogen (secondary N) is 1. The summed E-state index contributed by atoms with van der Waals surface area (Å²) in [6.45, 7) is 1.25. The number of nitrogens with zero attached hydrogens (tertiary/aromatic N) is 1. The lowest BCUT2D eigenvalue weighted by molar-refractivity contribution is 0.0697. The molecule has 2 rings (SSSR count). The molecule has 0 bridgehead atoms. The molecule has 0 aromatic heterocycles. The zero-order valence-electron chi connectivity index (χ0n) is 10.9. The molecule has 1 heterocycles. The molecule has 1 aliphatic rings. The van der Waals surface area contributed by atoms with Crippen molar-refractivity contribution in [2.45, 2.75) is 12.5 Å². The lowest BCUT2D eigenvalue weighted by atomic mass is 10.1. The van der Waals surface area contributed by atoms with E-state index in [4.69, 9.17) is 0 Å². The van der Waals surface area contributed by atoms with Crippen molar-refractivity contribution in [2.24, 2.45) is 0 Å². The van der Waals surface area contributed by atoms with Crippen LogP contribution in [0.5, 0.6) is 0 Å². The first kappa shape index (κ1) is 14.6. The van der Waals surface area contributed by atoms with E-state index in [-0.39, 0.29) is 11.6 Å². The normalized spacial score (nSPS) is 17.9. The van der Waals surface area contributed by atoms with Crippen LogP contribution >= 0.6 is 15.9 Å². The van der Waals surface area contributed by atoms with Crippen LogP contribution < -0.4 is 10.2 Å². The molecule has 1 amide bonds. The van der Waals surface area contributed by atoms with Crippen LogP contribution in [-0.4, -0.2) is 43.4 Å². The second kappa shape index (κ2) is 6.13. The molecule has 2 N–H and O–H groups in total. The smallest absolute Gasteiger partial charge is 0.407 e. The lowest BCUT2D eigenvalue weighted by Crippen LogP contribution is -2.37. The van der Waals surface area contributed by atoms with Gasteiger partial charge >= 0.3 is 12.1 Å². The summed E-state index contributed by atoms with van der Waals surface area (Å²) >= 11 is 3.35. The molecule has 1 aliphatic heterocycles. The molecular weight excluding hydrogens is 328 g/mol. The Hall–Kier alpha value is -1.76. The third-order valence-corrected chi connectivity index (χ3v) is 3.72. The summed E-state index contributed by atoms with van der Waals surface area (Å²) in [5, 5.41) is 12.0. The van der Waals surface area contributed by atoms with Crippen LogP contribution in [0.2, 0.25) is 0 Å². The van der Waals surface area contributed by atoms with Gasteiger partial charge in [0.2, 0.25) is 0 Å². The number of ether oxygens (including phenoxy) is 1. The van der Waals surface area contributed by atoms with Crippen molar-refractivity contribution in [1.82, 2.24) is 5.32 Å². The minimum Gasteiger partial charge on any atom is -0.478 e. The van der Waals surface area contributed by atoms with Gasteiger partial charge in [0.1, 0.15) is 0 Å². The Balaban J connectivity index is 2.15. The Morgan fingerprint density at radius 1 is 1.50 bits per heavy atom. The third kappa shape index (κ3) is 3.22. The predicted molar refractivity (Wildman–Crippen MR) is 77.3 cm³/mol. The predicted octanol–water partition coefficient (Wildman–Crippen LogP) is 2.08. The van der Waals surface area contributed by atoms with Gasteiger partial charge in [0, 0.05) is 17.6 Å². The molecule has 108 valence electrons. The van der Waals surface area contributed by atoms with Crippen LogP contribution in [0.4, 0.5) is 10.5 Å². The van der Waals surface area contributed by atoms with Crippen molar-refractivity contribution >= 4 is 33.7 Å². The third-order valence-electron chi connectivity index (χ3n) is 3.23. The molecule has 1 fully saturated rings. The van der Waals surface area contributed by atoms with Crippen molar-refractivity contribution in [2.75, 3.05) is 25.1 Å². The maximum Gasteiger partial charge on any atom is 0.407 e. The molecule has 0 aliphatic carbocycles. The fraction of sp³-hybridized carbons (Fsp3) is 0.385. The number of amides is 1. The SMILES string of the molecule is COC(=O)NC1CCN(c2cc(Br)ccc2C(=O)O)C1. The highest BCUT2D eigenvalue weighted by Crippen LogP contribution is 2.28. The quantitative estimate of drug-likeness (QED) is 0.879. The Kier molecular flexibility index (Phi) is 4.49. The first-order valence-electron chi connectivity index (χ1n) is 6.13. The number of hydrogen-bond donors (Lipinski definition) is 2. The average molecular weight is 343 g/mol. The van der Waals surface area contributed by atoms with Gasteiger partial charge in [-0.15, -0.1) is 0 Å². The number of hydrogen-bond acceptors (Lipinski definition) is 4. The van der Waals surface area contributed by atoms with Crippen molar-refractivity contribution < 1.29 is 19.4 Å². The second-order valence-corrected chi connectivity index (χ2v) is 5.45. The Bertz CT molecular complexity index is 535. The standard InChI is InChI=1S/C13H15BrN2O4/c1-20-13(19)15-9-4-5-16(7-9)11-6-8(14)2-3-10(11)12(17)18/h2-3,6,9H,4-5,7H2,1H3,(H,15,19)(H,17,18). The topological polar surface area (TPSA) is 78.9 Å². The summed E-state index contributed by atoms with van der Waals surface area (Å²) in [4.78, 5) is 24.4. The van der Waals surface area contributed by atoms with Crippen LogP contribution in [0.3, 0.4) is 0 Å². The van der Waals surface area contributed by atoms with Gasteiger partial charge in [-0.05, 0) is 24.6 Å². The number of aromatic carboxylic acids is 1. The van der Waals surface area contributed by atoms with Crippen molar-refractivity contribution in [3.05, 3.63) is 28.2 Å². The van der Waals surface area contributed by atoms with Crippen LogP contribution in [0, 0.1) is 0 Å². The number of alkyl carbamates (subject to hydrolysis) is 1. The Morgan fingerprint density at radius 2 is 2.25 bits per heavy atom. The molecule has 1 atom stereocenters. The zero-order chi connectivity index (χ0) is 14.7. The number of halogens is 1. The average Bonchev–Trinajstić information content (AvgIpc) is 2.86. The number of rotatable bonds is 3. The van der Waals surface area contributed by atoms with Crippen molar-refractivity contribution in [3.8, 4) is 0 Å². The van der Waals surface area contributed by atoms with Gasteiger partial charge in [0.05, 0.1) is 24.4 Å². The minimum atomic E-state index is -0.961. The van der Waals surface area contributed by atoms with Gasteiger partial charge in [-0.1, -0.05) is 15.9 Å². The van der Waals surface area contributed by atoms with E-state index in [2.05, 4.69) is 26.0 Å². The number of benzene rings is 1. The molecule has 1 unspecified atom stereocenters. The van der Waals surface area contributed by atoms with Gasteiger partial charge in [-0.3, -0.25) is 0 Å². The van der Waals surface area contributed by atoms with Crippen molar-refractivity contribution in [3.63, 3.8) is 0 Å². The van der Waals surface area contributed by atoms with Crippen LogP contribution in [0.25, 0.3) is 0 Å². The van der Waals surface area contributed by atoms with Crippen LogP contribution in [0.1, 0.15) is 16.8 Å². The van der Waals surface area contributed by atoms with E-state index < -0.39 is 12.1 Å². The number of carboxylic acid groups (broad SMARTS) is 1. The number of carboxylic acids is 1. The molecule has 7 heteroatoms. The zero-order valence-corrected chi connectivity index (χ0v) is 12.5. The molecule has 0 saturated carbocycles. The summed E-state index contributed by atoms with van der Waals surface area (Å²) < 4.78 is 5.39. The molecule has 0 spiro atoms. The van der Waals surface area contributed by atoms with E-state index in [1.54, 1.807) is 18.2 Å². The van der Waals surface area contributed by atoms with Gasteiger partial charge in [0.25, 0.3) is 0 Å². The molecule has 6 nitrogen and oxygen atoms in total. The van der Waals surface area contributed by atoms with Crippen molar-refractivity contribution in [1.29, 1.82) is 0 Å². The maximum atomic E-state index is 11.3. The first-order valence-corrected chi connectivity index (χ1v) is 6.93. The van der Waals surface area contributed by atoms with E-state index >= 15 is 0 Å². The van der Waals surface area contributed by atoms with E-state index in [0.717, 1.165) is 10.9 Å². The summed E-state index contributed by atoms with van der Waals surface area (Å²) in [5.74, 6) is -0.961. The summed E-state index contributed by atoms with van der Waals surface area (Å²) in [7, 11) is 1.32. The summed E-state index contributed by atoms with van der Waals surface area (Å²) in [6, 6.07) is 5.02. The van der Waals surface area contributed by atoms with Gasteiger partial charge in [-0.2, -0.15) is 0 Å². The molecular formula is C13H15BrN2O4. The number of methoxy groups -OCH3 is 1. The largest absolute Gasteiger partial charge is 0.478 e. The van der Waals surface area contributed by atoms with E-state index in [1.165, 1.54) is 7.11 Å². The number of carbonyl (C=O) groups is 2. The van der Waals surface area contributed by atoms with Gasteiger partial charge in [0.15, 0.2) is 0 Å². The Labute approximate surface area is 124 Å². The molecule has 1 aromatic carbocycles. The number of carbonyl (C=O) groups excluding carboxylic acids is 1. The highest BCUT2D eigenvalue weighted by Gasteiger charge is 2.27. The maximum absolute atomic E-state index is 11.3. The lowest BCUT2D eigenvalue weighted by Gasteiger charge is -2.21. The van der Waals surface area contributed by atoms with Crippen LogP contribution in [-0.2, 0) is 4.74 Å². The van der Waals surface area contributed by atoms with Gasteiger partial charge in [-0.25, -0.2) is 9.59 Å². The fourth-order valence-electron chi connectivity index (χ4n) is 2.27. The summed E-state index contributed by atoms with van der Waals surface area (Å²) in [5.41, 5.74) is 0.910. The molecule has 0 radical (unpaired) electrons. The monoisotopic (exact) mass is 342 g/mol. The highest BCUT2D eigenvalue weighted by atomic mass is 79.9.